The van der Waals surface area contributed by atoms with Crippen molar-refractivity contribution in [1.82, 2.24) is 14.8 Å². The second-order valence-electron chi connectivity index (χ2n) is 6.15. The highest BCUT2D eigenvalue weighted by molar-refractivity contribution is 8.00. The van der Waals surface area contributed by atoms with E-state index in [-0.39, 0.29) is 11.6 Å². The molecule has 3 aromatic rings. The van der Waals surface area contributed by atoms with Crippen LogP contribution in [-0.4, -0.2) is 38.0 Å². The summed E-state index contributed by atoms with van der Waals surface area (Å²) in [6, 6.07) is 13.3. The number of aromatic nitrogens is 3. The Hall–Kier alpha value is -3.40. The van der Waals surface area contributed by atoms with Crippen LogP contribution >= 0.6 is 11.8 Å². The maximum atomic E-state index is 12.5. The van der Waals surface area contributed by atoms with E-state index in [0.29, 0.717) is 16.7 Å². The molecule has 1 aromatic heterocycles. The average Bonchev–Trinajstić information content (AvgIpc) is 3.08. The molecule has 0 aliphatic rings. The molecule has 1 unspecified atom stereocenters. The van der Waals surface area contributed by atoms with E-state index in [1.54, 1.807) is 20.1 Å². The number of ether oxygens (including phenoxy) is 1. The van der Waals surface area contributed by atoms with Crippen molar-refractivity contribution in [2.75, 3.05) is 12.4 Å². The van der Waals surface area contributed by atoms with Gasteiger partial charge in [-0.15, -0.1) is 10.2 Å². The molecule has 1 atom stereocenters. The highest BCUT2D eigenvalue weighted by atomic mass is 32.2. The Balaban J connectivity index is 1.69. The molecular weight excluding hydrogens is 394 g/mol. The number of non-ortho nitro benzene ring substituents is 1. The highest BCUT2D eigenvalue weighted by Crippen LogP contribution is 2.27. The fourth-order valence-electron chi connectivity index (χ4n) is 2.56. The molecule has 2 aromatic carbocycles. The smallest absolute Gasteiger partial charge is 0.271 e. The number of methoxy groups -OCH3 is 1. The van der Waals surface area contributed by atoms with Gasteiger partial charge >= 0.3 is 0 Å². The predicted molar refractivity (Wildman–Crippen MR) is 110 cm³/mol. The van der Waals surface area contributed by atoms with Crippen LogP contribution in [0.1, 0.15) is 6.92 Å². The van der Waals surface area contributed by atoms with Gasteiger partial charge < -0.3 is 14.6 Å². The SMILES string of the molecule is COc1ccc(-c2nnc(SC(C)C(=O)Nc3cccc([N+](=O)[O-])c3)n2C)cc1. The van der Waals surface area contributed by atoms with E-state index in [1.165, 1.54) is 30.0 Å². The summed E-state index contributed by atoms with van der Waals surface area (Å²) in [7, 11) is 3.43. The van der Waals surface area contributed by atoms with Crippen molar-refractivity contribution in [2.45, 2.75) is 17.3 Å². The van der Waals surface area contributed by atoms with E-state index in [1.807, 2.05) is 35.9 Å². The molecule has 29 heavy (non-hydrogen) atoms. The summed E-state index contributed by atoms with van der Waals surface area (Å²) >= 11 is 1.25. The van der Waals surface area contributed by atoms with Gasteiger partial charge in [0.2, 0.25) is 5.91 Å². The predicted octanol–water partition coefficient (Wildman–Crippen LogP) is 3.52. The number of nitro benzene ring substituents is 1. The van der Waals surface area contributed by atoms with Crippen LogP contribution in [0.25, 0.3) is 11.4 Å². The van der Waals surface area contributed by atoms with Gasteiger partial charge in [0.05, 0.1) is 17.3 Å². The van der Waals surface area contributed by atoms with Crippen LogP contribution < -0.4 is 10.1 Å². The first-order chi connectivity index (χ1) is 13.9. The molecule has 9 nitrogen and oxygen atoms in total. The molecule has 150 valence electrons. The van der Waals surface area contributed by atoms with Crippen molar-refractivity contribution in [2.24, 2.45) is 7.05 Å². The number of carbonyl (C=O) groups excluding carboxylic acids is 1. The Kier molecular flexibility index (Phi) is 6.13. The lowest BCUT2D eigenvalue weighted by molar-refractivity contribution is -0.384. The molecule has 0 spiro atoms. The maximum Gasteiger partial charge on any atom is 0.271 e. The number of hydrogen-bond donors (Lipinski definition) is 1. The van der Waals surface area contributed by atoms with Crippen molar-refractivity contribution in [3.05, 3.63) is 58.6 Å². The van der Waals surface area contributed by atoms with E-state index in [9.17, 15) is 14.9 Å². The Morgan fingerprint density at radius 1 is 1.24 bits per heavy atom. The Morgan fingerprint density at radius 2 is 1.97 bits per heavy atom. The lowest BCUT2D eigenvalue weighted by Gasteiger charge is -2.11. The number of amides is 1. The zero-order chi connectivity index (χ0) is 21.0. The van der Waals surface area contributed by atoms with Gasteiger partial charge in [-0.1, -0.05) is 17.8 Å². The zero-order valence-electron chi connectivity index (χ0n) is 16.0. The van der Waals surface area contributed by atoms with E-state index < -0.39 is 10.2 Å². The third-order valence-corrected chi connectivity index (χ3v) is 5.29. The number of nitrogens with zero attached hydrogens (tertiary/aromatic N) is 4. The largest absolute Gasteiger partial charge is 0.497 e. The van der Waals surface area contributed by atoms with Crippen molar-refractivity contribution in [1.29, 1.82) is 0 Å². The number of anilines is 1. The molecule has 0 radical (unpaired) electrons. The van der Waals surface area contributed by atoms with Crippen LogP contribution in [0.5, 0.6) is 5.75 Å². The fourth-order valence-corrected chi connectivity index (χ4v) is 3.38. The van der Waals surface area contributed by atoms with Crippen molar-refractivity contribution >= 4 is 29.0 Å². The Morgan fingerprint density at radius 3 is 2.62 bits per heavy atom. The molecular formula is C19H19N5O4S. The number of hydrogen-bond acceptors (Lipinski definition) is 7. The van der Waals surface area contributed by atoms with Crippen molar-refractivity contribution < 1.29 is 14.5 Å². The molecule has 0 aliphatic carbocycles. The van der Waals surface area contributed by atoms with Gasteiger partial charge in [0.1, 0.15) is 5.75 Å². The van der Waals surface area contributed by atoms with E-state index >= 15 is 0 Å². The number of thioether (sulfide) groups is 1. The molecule has 0 aliphatic heterocycles. The van der Waals surface area contributed by atoms with Crippen LogP contribution in [0.3, 0.4) is 0 Å². The normalized spacial score (nSPS) is 11.7. The van der Waals surface area contributed by atoms with Crippen LogP contribution in [0, 0.1) is 10.1 Å². The molecule has 1 N–H and O–H groups in total. The van der Waals surface area contributed by atoms with Crippen LogP contribution in [0.2, 0.25) is 0 Å². The minimum absolute atomic E-state index is 0.0828. The van der Waals surface area contributed by atoms with E-state index in [4.69, 9.17) is 4.74 Å². The summed E-state index contributed by atoms with van der Waals surface area (Å²) in [5, 5.41) is 22.0. The van der Waals surface area contributed by atoms with E-state index in [0.717, 1.165) is 11.3 Å². The van der Waals surface area contributed by atoms with Crippen molar-refractivity contribution in [3.63, 3.8) is 0 Å². The molecule has 1 heterocycles. The molecule has 0 bridgehead atoms. The molecule has 3 rings (SSSR count). The van der Waals surface area contributed by atoms with Gasteiger partial charge in [-0.3, -0.25) is 14.9 Å². The van der Waals surface area contributed by atoms with Crippen LogP contribution in [0.15, 0.2) is 53.7 Å². The topological polar surface area (TPSA) is 112 Å². The minimum atomic E-state index is -0.506. The first-order valence-electron chi connectivity index (χ1n) is 8.65. The second-order valence-corrected chi connectivity index (χ2v) is 7.46. The lowest BCUT2D eigenvalue weighted by atomic mass is 10.2. The number of rotatable bonds is 7. The first kappa shape index (κ1) is 20.3. The standard InChI is InChI=1S/C19H19N5O4S/c1-12(18(25)20-14-5-4-6-15(11-14)24(26)27)29-19-22-21-17(23(19)2)13-7-9-16(28-3)10-8-13/h4-12H,1-3H3,(H,20,25). The van der Waals surface area contributed by atoms with Gasteiger partial charge in [0, 0.05) is 30.4 Å². The summed E-state index contributed by atoms with van der Waals surface area (Å²) in [4.78, 5) is 22.8. The van der Waals surface area contributed by atoms with Crippen LogP contribution in [-0.2, 0) is 11.8 Å². The summed E-state index contributed by atoms with van der Waals surface area (Å²) in [5.41, 5.74) is 1.16. The number of nitrogens with one attached hydrogen (secondary N) is 1. The maximum absolute atomic E-state index is 12.5. The Bertz CT molecular complexity index is 1040. The molecule has 0 saturated carbocycles. The lowest BCUT2D eigenvalue weighted by Crippen LogP contribution is -2.22. The molecule has 1 amide bonds. The summed E-state index contributed by atoms with van der Waals surface area (Å²) in [6.45, 7) is 1.74. The summed E-state index contributed by atoms with van der Waals surface area (Å²) < 4.78 is 6.97. The van der Waals surface area contributed by atoms with E-state index in [2.05, 4.69) is 15.5 Å². The van der Waals surface area contributed by atoms with Crippen LogP contribution in [0.4, 0.5) is 11.4 Å². The third kappa shape index (κ3) is 4.72. The number of nitro groups is 1. The van der Waals surface area contributed by atoms with Gasteiger partial charge in [-0.25, -0.2) is 0 Å². The van der Waals surface area contributed by atoms with Gasteiger partial charge in [0.25, 0.3) is 5.69 Å². The second kappa shape index (κ2) is 8.74. The zero-order valence-corrected chi connectivity index (χ0v) is 16.8. The quantitative estimate of drug-likeness (QED) is 0.358. The highest BCUT2D eigenvalue weighted by Gasteiger charge is 2.20. The average molecular weight is 413 g/mol. The molecule has 0 saturated heterocycles. The Labute approximate surface area is 171 Å². The first-order valence-corrected chi connectivity index (χ1v) is 9.53. The molecule has 0 fully saturated rings. The van der Waals surface area contributed by atoms with Crippen molar-refractivity contribution in [3.8, 4) is 17.1 Å². The fraction of sp³-hybridized carbons (Fsp3) is 0.211. The third-order valence-electron chi connectivity index (χ3n) is 4.16. The minimum Gasteiger partial charge on any atom is -0.497 e. The summed E-state index contributed by atoms with van der Waals surface area (Å²) in [6.07, 6.45) is 0. The number of benzene rings is 2. The van der Waals surface area contributed by atoms with Gasteiger partial charge in [-0.2, -0.15) is 0 Å². The van der Waals surface area contributed by atoms with Gasteiger partial charge in [0.15, 0.2) is 11.0 Å². The van der Waals surface area contributed by atoms with Gasteiger partial charge in [-0.05, 0) is 37.3 Å². The molecule has 10 heteroatoms. The monoisotopic (exact) mass is 413 g/mol. The number of carbonyl (C=O) groups is 1. The summed E-state index contributed by atoms with van der Waals surface area (Å²) in [5.74, 6) is 1.13.